The molecular weight excluding hydrogens is 279 g/mol. The number of anilines is 1. The first-order chi connectivity index (χ1) is 9.65. The average molecular weight is 293 g/mol. The van der Waals surface area contributed by atoms with Crippen molar-refractivity contribution in [3.05, 3.63) is 64.9 Å². The predicted molar refractivity (Wildman–Crippen MR) is 78.6 cm³/mol. The van der Waals surface area contributed by atoms with Crippen LogP contribution in [0, 0.1) is 5.82 Å². The summed E-state index contributed by atoms with van der Waals surface area (Å²) in [5.41, 5.74) is 1.39. The van der Waals surface area contributed by atoms with E-state index in [-0.39, 0.29) is 11.8 Å². The van der Waals surface area contributed by atoms with E-state index in [4.69, 9.17) is 11.6 Å². The zero-order valence-corrected chi connectivity index (χ0v) is 11.5. The van der Waals surface area contributed by atoms with Gasteiger partial charge in [0.25, 0.3) is 0 Å². The highest BCUT2D eigenvalue weighted by Gasteiger charge is 2.03. The molecule has 0 saturated carbocycles. The quantitative estimate of drug-likeness (QED) is 0.883. The van der Waals surface area contributed by atoms with Gasteiger partial charge < -0.3 is 10.6 Å². The summed E-state index contributed by atoms with van der Waals surface area (Å²) in [6.45, 7) is 0.449. The topological polar surface area (TPSA) is 41.1 Å². The van der Waals surface area contributed by atoms with Gasteiger partial charge in [-0.3, -0.25) is 0 Å². The normalized spacial score (nSPS) is 10.1. The first-order valence-corrected chi connectivity index (χ1v) is 6.57. The molecule has 2 amide bonds. The summed E-state index contributed by atoms with van der Waals surface area (Å²) < 4.78 is 12.9. The highest BCUT2D eigenvalue weighted by molar-refractivity contribution is 6.31. The molecule has 0 heterocycles. The maximum absolute atomic E-state index is 12.9. The fourth-order valence-corrected chi connectivity index (χ4v) is 1.98. The Labute approximate surface area is 121 Å². The van der Waals surface area contributed by atoms with Crippen LogP contribution in [0.3, 0.4) is 0 Å². The van der Waals surface area contributed by atoms with Gasteiger partial charge >= 0.3 is 6.03 Å². The number of hydrogen-bond donors (Lipinski definition) is 2. The molecule has 0 bridgehead atoms. The molecule has 0 atom stereocenters. The van der Waals surface area contributed by atoms with E-state index in [2.05, 4.69) is 10.6 Å². The number of rotatable bonds is 4. The van der Waals surface area contributed by atoms with Gasteiger partial charge in [-0.2, -0.15) is 0 Å². The lowest BCUT2D eigenvalue weighted by molar-refractivity contribution is 0.252. The van der Waals surface area contributed by atoms with Crippen LogP contribution >= 0.6 is 11.6 Å². The number of amides is 2. The average Bonchev–Trinajstić information content (AvgIpc) is 2.41. The molecular formula is C15H14ClFN2O. The second-order valence-corrected chi connectivity index (χ2v) is 4.64. The zero-order chi connectivity index (χ0) is 14.4. The van der Waals surface area contributed by atoms with E-state index in [1.165, 1.54) is 18.2 Å². The largest absolute Gasteiger partial charge is 0.338 e. The summed E-state index contributed by atoms with van der Waals surface area (Å²) >= 11 is 6.02. The highest BCUT2D eigenvalue weighted by atomic mass is 35.5. The number of benzene rings is 2. The number of carbonyl (C=O) groups is 1. The van der Waals surface area contributed by atoms with E-state index in [0.29, 0.717) is 23.7 Å². The van der Waals surface area contributed by atoms with Crippen molar-refractivity contribution < 1.29 is 9.18 Å². The lowest BCUT2D eigenvalue weighted by atomic mass is 10.1. The molecule has 20 heavy (non-hydrogen) atoms. The second-order valence-electron chi connectivity index (χ2n) is 4.23. The first kappa shape index (κ1) is 14.3. The van der Waals surface area contributed by atoms with Crippen molar-refractivity contribution in [1.29, 1.82) is 0 Å². The molecule has 5 heteroatoms. The fraction of sp³-hybridized carbons (Fsp3) is 0.133. The second kappa shape index (κ2) is 6.91. The third-order valence-corrected chi connectivity index (χ3v) is 3.09. The van der Waals surface area contributed by atoms with Crippen molar-refractivity contribution >= 4 is 23.3 Å². The van der Waals surface area contributed by atoms with Gasteiger partial charge in [0.05, 0.1) is 0 Å². The molecule has 0 spiro atoms. The summed E-state index contributed by atoms with van der Waals surface area (Å²) in [5, 5.41) is 5.94. The van der Waals surface area contributed by atoms with Crippen LogP contribution in [0.2, 0.25) is 5.02 Å². The van der Waals surface area contributed by atoms with Crippen LogP contribution in [0.25, 0.3) is 0 Å². The Kier molecular flexibility index (Phi) is 4.96. The first-order valence-electron chi connectivity index (χ1n) is 6.19. The Balaban J connectivity index is 1.80. The van der Waals surface area contributed by atoms with Gasteiger partial charge in [-0.1, -0.05) is 35.9 Å². The molecule has 0 aliphatic rings. The molecule has 0 saturated heterocycles. The minimum atomic E-state index is -0.390. The molecule has 0 unspecified atom stereocenters. The van der Waals surface area contributed by atoms with Gasteiger partial charge in [-0.15, -0.1) is 0 Å². The van der Waals surface area contributed by atoms with E-state index < -0.39 is 0 Å². The van der Waals surface area contributed by atoms with E-state index in [1.807, 2.05) is 24.3 Å². The van der Waals surface area contributed by atoms with E-state index >= 15 is 0 Å². The Morgan fingerprint density at radius 3 is 2.70 bits per heavy atom. The van der Waals surface area contributed by atoms with Crippen molar-refractivity contribution in [1.82, 2.24) is 5.32 Å². The molecule has 2 aromatic rings. The van der Waals surface area contributed by atoms with Gasteiger partial charge in [-0.05, 0) is 36.2 Å². The minimum absolute atomic E-state index is 0.373. The van der Waals surface area contributed by atoms with Crippen molar-refractivity contribution in [2.45, 2.75) is 6.42 Å². The Bertz CT molecular complexity index is 604. The minimum Gasteiger partial charge on any atom is -0.338 e. The Hall–Kier alpha value is -2.07. The number of carbonyl (C=O) groups excluding carboxylic acids is 1. The summed E-state index contributed by atoms with van der Waals surface area (Å²) in [6.07, 6.45) is 0.635. The summed E-state index contributed by atoms with van der Waals surface area (Å²) in [7, 11) is 0. The van der Waals surface area contributed by atoms with E-state index in [1.54, 1.807) is 6.07 Å². The molecule has 0 aromatic heterocycles. The zero-order valence-electron chi connectivity index (χ0n) is 10.7. The molecule has 0 radical (unpaired) electrons. The standard InChI is InChI=1S/C15H14ClFN2O/c16-14-7-2-1-4-11(14)8-9-18-15(20)19-13-6-3-5-12(17)10-13/h1-7,10H,8-9H2,(H2,18,19,20). The number of hydrogen-bond acceptors (Lipinski definition) is 1. The van der Waals surface area contributed by atoms with Crippen LogP contribution < -0.4 is 10.6 Å². The lowest BCUT2D eigenvalue weighted by Gasteiger charge is -2.08. The monoisotopic (exact) mass is 292 g/mol. The molecule has 104 valence electrons. The Morgan fingerprint density at radius 2 is 1.95 bits per heavy atom. The van der Waals surface area contributed by atoms with Crippen molar-refractivity contribution in [3.63, 3.8) is 0 Å². The molecule has 0 aliphatic carbocycles. The smallest absolute Gasteiger partial charge is 0.319 e. The fourth-order valence-electron chi connectivity index (χ4n) is 1.75. The van der Waals surface area contributed by atoms with Gasteiger partial charge in [-0.25, -0.2) is 9.18 Å². The van der Waals surface area contributed by atoms with Crippen molar-refractivity contribution in [3.8, 4) is 0 Å². The molecule has 2 rings (SSSR count). The van der Waals surface area contributed by atoms with Crippen LogP contribution in [0.15, 0.2) is 48.5 Å². The van der Waals surface area contributed by atoms with Crippen molar-refractivity contribution in [2.24, 2.45) is 0 Å². The third-order valence-electron chi connectivity index (χ3n) is 2.72. The number of nitrogens with one attached hydrogen (secondary N) is 2. The van der Waals surface area contributed by atoms with Crippen LogP contribution in [0.5, 0.6) is 0 Å². The van der Waals surface area contributed by atoms with Gasteiger partial charge in [0.2, 0.25) is 0 Å². The van der Waals surface area contributed by atoms with E-state index in [0.717, 1.165) is 5.56 Å². The SMILES string of the molecule is O=C(NCCc1ccccc1Cl)Nc1cccc(F)c1. The molecule has 2 N–H and O–H groups in total. The predicted octanol–water partition coefficient (Wildman–Crippen LogP) is 3.84. The van der Waals surface area contributed by atoms with Gasteiger partial charge in [0, 0.05) is 17.3 Å². The van der Waals surface area contributed by atoms with Crippen LogP contribution in [0.4, 0.5) is 14.9 Å². The van der Waals surface area contributed by atoms with Crippen molar-refractivity contribution in [2.75, 3.05) is 11.9 Å². The molecule has 0 fully saturated rings. The van der Waals surface area contributed by atoms with E-state index in [9.17, 15) is 9.18 Å². The van der Waals surface area contributed by atoms with Crippen LogP contribution in [-0.4, -0.2) is 12.6 Å². The molecule has 3 nitrogen and oxygen atoms in total. The van der Waals surface area contributed by atoms with Gasteiger partial charge in [0.15, 0.2) is 0 Å². The highest BCUT2D eigenvalue weighted by Crippen LogP contribution is 2.14. The summed E-state index contributed by atoms with van der Waals surface area (Å²) in [6, 6.07) is 12.8. The summed E-state index contributed by atoms with van der Waals surface area (Å²) in [5.74, 6) is -0.390. The maximum atomic E-state index is 12.9. The van der Waals surface area contributed by atoms with Gasteiger partial charge in [0.1, 0.15) is 5.82 Å². The molecule has 2 aromatic carbocycles. The lowest BCUT2D eigenvalue weighted by Crippen LogP contribution is -2.30. The third kappa shape index (κ3) is 4.24. The Morgan fingerprint density at radius 1 is 1.15 bits per heavy atom. The molecule has 0 aliphatic heterocycles. The summed E-state index contributed by atoms with van der Waals surface area (Å²) in [4.78, 5) is 11.6. The number of urea groups is 1. The van der Waals surface area contributed by atoms with Crippen LogP contribution in [0.1, 0.15) is 5.56 Å². The van der Waals surface area contributed by atoms with Crippen LogP contribution in [-0.2, 0) is 6.42 Å². The maximum Gasteiger partial charge on any atom is 0.319 e. The number of halogens is 2.